The van der Waals surface area contributed by atoms with Gasteiger partial charge in [-0.1, -0.05) is 25.3 Å². The molecule has 1 N–H and O–H groups in total. The Morgan fingerprint density at radius 2 is 2.00 bits per heavy atom. The van der Waals surface area contributed by atoms with Crippen LogP contribution in [0.3, 0.4) is 0 Å². The Hall–Kier alpha value is -1.57. The SMILES string of the molecule is C=CC(=C)C(/N=C\C)=C(O)\C=C/C. The first-order chi connectivity index (χ1) is 6.17. The van der Waals surface area contributed by atoms with E-state index >= 15 is 0 Å². The smallest absolute Gasteiger partial charge is 0.141 e. The number of hydrogen-bond acceptors (Lipinski definition) is 2. The van der Waals surface area contributed by atoms with Crippen LogP contribution in [0.1, 0.15) is 13.8 Å². The van der Waals surface area contributed by atoms with Crippen LogP contribution in [0.15, 0.2) is 53.4 Å². The molecule has 0 unspecified atom stereocenters. The number of aliphatic imine (C=N–C) groups is 1. The minimum Gasteiger partial charge on any atom is -0.506 e. The molecule has 2 nitrogen and oxygen atoms in total. The zero-order valence-corrected chi connectivity index (χ0v) is 8.12. The zero-order chi connectivity index (χ0) is 10.3. The summed E-state index contributed by atoms with van der Waals surface area (Å²) in [7, 11) is 0. The fourth-order valence-corrected chi connectivity index (χ4v) is 0.776. The molecule has 0 fully saturated rings. The van der Waals surface area contributed by atoms with Crippen molar-refractivity contribution in [1.82, 2.24) is 0 Å². The predicted molar refractivity (Wildman–Crippen MR) is 58.0 cm³/mol. The van der Waals surface area contributed by atoms with E-state index in [0.717, 1.165) is 0 Å². The van der Waals surface area contributed by atoms with Gasteiger partial charge in [-0.25, -0.2) is 0 Å². The molecule has 0 aromatic heterocycles. The molecule has 2 heteroatoms. The number of aliphatic hydroxyl groups is 1. The van der Waals surface area contributed by atoms with Crippen molar-refractivity contribution in [2.75, 3.05) is 0 Å². The molecule has 0 radical (unpaired) electrons. The van der Waals surface area contributed by atoms with Crippen LogP contribution in [0, 0.1) is 0 Å². The van der Waals surface area contributed by atoms with Crippen LogP contribution >= 0.6 is 0 Å². The first-order valence-corrected chi connectivity index (χ1v) is 4.03. The molecule has 0 aliphatic carbocycles. The molecule has 0 saturated carbocycles. The molecule has 0 spiro atoms. The number of rotatable bonds is 4. The molecule has 0 aromatic rings. The van der Waals surface area contributed by atoms with E-state index < -0.39 is 0 Å². The van der Waals surface area contributed by atoms with Crippen molar-refractivity contribution in [3.8, 4) is 0 Å². The Kier molecular flexibility index (Phi) is 5.28. The van der Waals surface area contributed by atoms with E-state index in [-0.39, 0.29) is 5.76 Å². The Morgan fingerprint density at radius 3 is 2.38 bits per heavy atom. The Morgan fingerprint density at radius 1 is 1.38 bits per heavy atom. The first-order valence-electron chi connectivity index (χ1n) is 4.03. The normalized spacial score (nSPS) is 13.4. The molecular weight excluding hydrogens is 162 g/mol. The predicted octanol–water partition coefficient (Wildman–Crippen LogP) is 3.17. The molecule has 0 aliphatic heterocycles. The molecule has 0 saturated heterocycles. The highest BCUT2D eigenvalue weighted by Gasteiger charge is 2.01. The van der Waals surface area contributed by atoms with Gasteiger partial charge in [0.05, 0.1) is 0 Å². The lowest BCUT2D eigenvalue weighted by Gasteiger charge is -2.01. The van der Waals surface area contributed by atoms with Crippen molar-refractivity contribution in [2.24, 2.45) is 4.99 Å². The van der Waals surface area contributed by atoms with E-state index in [1.165, 1.54) is 0 Å². The second-order valence-electron chi connectivity index (χ2n) is 2.35. The summed E-state index contributed by atoms with van der Waals surface area (Å²) in [6.45, 7) is 10.9. The zero-order valence-electron chi connectivity index (χ0n) is 8.12. The van der Waals surface area contributed by atoms with Gasteiger partial charge in [0.25, 0.3) is 0 Å². The van der Waals surface area contributed by atoms with Gasteiger partial charge in [-0.15, -0.1) is 0 Å². The van der Waals surface area contributed by atoms with Crippen molar-refractivity contribution in [1.29, 1.82) is 0 Å². The second-order valence-corrected chi connectivity index (χ2v) is 2.35. The standard InChI is InChI=1S/C11H15NO/c1-5-8-10(13)11(12-7-3)9(4)6-2/h5-8,13H,2,4H2,1,3H3/b8-5-,11-10-,12-7-. The number of nitrogens with zero attached hydrogens (tertiary/aromatic N) is 1. The monoisotopic (exact) mass is 177 g/mol. The van der Waals surface area contributed by atoms with E-state index in [1.807, 2.05) is 6.92 Å². The Bertz CT molecular complexity index is 282. The number of hydrogen-bond donors (Lipinski definition) is 1. The van der Waals surface area contributed by atoms with E-state index in [2.05, 4.69) is 18.2 Å². The maximum absolute atomic E-state index is 9.51. The average Bonchev–Trinajstić information content (AvgIpc) is 2.13. The van der Waals surface area contributed by atoms with Gasteiger partial charge in [0.15, 0.2) is 0 Å². The summed E-state index contributed by atoms with van der Waals surface area (Å²) in [6.07, 6.45) is 6.46. The van der Waals surface area contributed by atoms with Crippen molar-refractivity contribution in [3.63, 3.8) is 0 Å². The van der Waals surface area contributed by atoms with Gasteiger partial charge >= 0.3 is 0 Å². The largest absolute Gasteiger partial charge is 0.506 e. The van der Waals surface area contributed by atoms with Crippen LogP contribution < -0.4 is 0 Å². The van der Waals surface area contributed by atoms with Gasteiger partial charge in [0.2, 0.25) is 0 Å². The molecule has 13 heavy (non-hydrogen) atoms. The number of aliphatic hydroxyl groups excluding tert-OH is 1. The van der Waals surface area contributed by atoms with Crippen molar-refractivity contribution in [2.45, 2.75) is 13.8 Å². The fraction of sp³-hybridized carbons (Fsp3) is 0.182. The van der Waals surface area contributed by atoms with Gasteiger partial charge in [-0.05, 0) is 25.5 Å². The van der Waals surface area contributed by atoms with E-state index in [4.69, 9.17) is 0 Å². The quantitative estimate of drug-likeness (QED) is 0.399. The highest BCUT2D eigenvalue weighted by molar-refractivity contribution is 5.58. The molecule has 0 bridgehead atoms. The van der Waals surface area contributed by atoms with Crippen LogP contribution in [0.5, 0.6) is 0 Å². The van der Waals surface area contributed by atoms with Gasteiger partial charge in [0, 0.05) is 6.21 Å². The summed E-state index contributed by atoms with van der Waals surface area (Å²) in [5.74, 6) is 0.102. The van der Waals surface area contributed by atoms with Crippen LogP contribution in [-0.2, 0) is 0 Å². The fourth-order valence-electron chi connectivity index (χ4n) is 0.776. The summed E-state index contributed by atoms with van der Waals surface area (Å²) in [4.78, 5) is 4.00. The van der Waals surface area contributed by atoms with Crippen LogP contribution in [0.4, 0.5) is 0 Å². The maximum atomic E-state index is 9.51. The molecule has 0 heterocycles. The molecule has 0 rings (SSSR count). The molecule has 0 aromatic carbocycles. The third kappa shape index (κ3) is 3.56. The minimum atomic E-state index is 0.102. The van der Waals surface area contributed by atoms with E-state index in [1.54, 1.807) is 31.4 Å². The lowest BCUT2D eigenvalue weighted by atomic mass is 10.2. The molecule has 0 amide bonds. The topological polar surface area (TPSA) is 32.6 Å². The molecule has 70 valence electrons. The van der Waals surface area contributed by atoms with Crippen molar-refractivity contribution < 1.29 is 5.11 Å². The van der Waals surface area contributed by atoms with Gasteiger partial charge < -0.3 is 5.11 Å². The summed E-state index contributed by atoms with van der Waals surface area (Å²) < 4.78 is 0. The highest BCUT2D eigenvalue weighted by Crippen LogP contribution is 2.14. The Labute approximate surface area is 79.3 Å². The average molecular weight is 177 g/mol. The molecule has 0 aliphatic rings. The number of allylic oxidation sites excluding steroid dienone is 3. The summed E-state index contributed by atoms with van der Waals surface area (Å²) in [6, 6.07) is 0. The van der Waals surface area contributed by atoms with Gasteiger partial charge in [-0.2, -0.15) is 0 Å². The van der Waals surface area contributed by atoms with Gasteiger partial charge in [0.1, 0.15) is 11.5 Å². The first kappa shape index (κ1) is 11.4. The van der Waals surface area contributed by atoms with E-state index in [0.29, 0.717) is 11.3 Å². The second kappa shape index (κ2) is 6.00. The van der Waals surface area contributed by atoms with Crippen LogP contribution in [0.25, 0.3) is 0 Å². The molecule has 0 atom stereocenters. The van der Waals surface area contributed by atoms with E-state index in [9.17, 15) is 5.11 Å². The third-order valence-corrected chi connectivity index (χ3v) is 1.38. The van der Waals surface area contributed by atoms with Crippen LogP contribution in [-0.4, -0.2) is 11.3 Å². The maximum Gasteiger partial charge on any atom is 0.141 e. The van der Waals surface area contributed by atoms with Crippen molar-refractivity contribution in [3.05, 3.63) is 48.4 Å². The minimum absolute atomic E-state index is 0.102. The Balaban J connectivity index is 5.09. The lowest BCUT2D eigenvalue weighted by Crippen LogP contribution is -1.88. The summed E-state index contributed by atoms with van der Waals surface area (Å²) >= 11 is 0. The van der Waals surface area contributed by atoms with Crippen molar-refractivity contribution >= 4 is 6.21 Å². The summed E-state index contributed by atoms with van der Waals surface area (Å²) in [5, 5.41) is 9.51. The third-order valence-electron chi connectivity index (χ3n) is 1.38. The molecular formula is C11H15NO. The lowest BCUT2D eigenvalue weighted by molar-refractivity contribution is 0.426. The van der Waals surface area contributed by atoms with Crippen LogP contribution in [0.2, 0.25) is 0 Å². The van der Waals surface area contributed by atoms with Gasteiger partial charge in [-0.3, -0.25) is 4.99 Å². The summed E-state index contributed by atoms with van der Waals surface area (Å²) in [5.41, 5.74) is 1.06. The highest BCUT2D eigenvalue weighted by atomic mass is 16.3.